The first-order chi connectivity index (χ1) is 12.2. The van der Waals surface area contributed by atoms with Crippen LogP contribution in [0.3, 0.4) is 0 Å². The van der Waals surface area contributed by atoms with Gasteiger partial charge in [0.25, 0.3) is 5.91 Å². The lowest BCUT2D eigenvalue weighted by molar-refractivity contribution is 0.102. The fourth-order valence-electron chi connectivity index (χ4n) is 2.92. The van der Waals surface area contributed by atoms with Crippen molar-refractivity contribution >= 4 is 11.6 Å². The van der Waals surface area contributed by atoms with E-state index in [-0.39, 0.29) is 12.0 Å². The van der Waals surface area contributed by atoms with Gasteiger partial charge >= 0.3 is 0 Å². The van der Waals surface area contributed by atoms with Gasteiger partial charge in [0.05, 0.1) is 6.10 Å². The van der Waals surface area contributed by atoms with Crippen molar-refractivity contribution in [2.75, 3.05) is 18.5 Å². The average Bonchev–Trinajstić information content (AvgIpc) is 3.14. The molecule has 1 amide bonds. The second-order valence-corrected chi connectivity index (χ2v) is 6.17. The molecule has 2 aromatic carbocycles. The van der Waals surface area contributed by atoms with Crippen LogP contribution >= 0.6 is 0 Å². The molecular formula is C20H24N2O3. The number of rotatable bonds is 7. The number of nitrogens with two attached hydrogens (primary N) is 1. The summed E-state index contributed by atoms with van der Waals surface area (Å²) in [4.78, 5) is 12.4. The molecule has 5 nitrogen and oxygen atoms in total. The Balaban J connectivity index is 1.60. The number of carbonyl (C=O) groups is 1. The molecule has 1 aliphatic rings. The molecule has 1 fully saturated rings. The number of hydrogen-bond donors (Lipinski definition) is 2. The normalized spacial score (nSPS) is 14.3. The van der Waals surface area contributed by atoms with Crippen LogP contribution in [-0.4, -0.2) is 25.2 Å². The summed E-state index contributed by atoms with van der Waals surface area (Å²) in [6.07, 6.45) is 4.90. The van der Waals surface area contributed by atoms with Gasteiger partial charge in [-0.1, -0.05) is 6.07 Å². The van der Waals surface area contributed by atoms with Gasteiger partial charge in [-0.25, -0.2) is 0 Å². The van der Waals surface area contributed by atoms with Crippen molar-refractivity contribution in [2.45, 2.75) is 31.8 Å². The van der Waals surface area contributed by atoms with Gasteiger partial charge in [-0.3, -0.25) is 4.79 Å². The van der Waals surface area contributed by atoms with Gasteiger partial charge in [-0.05, 0) is 68.1 Å². The van der Waals surface area contributed by atoms with E-state index < -0.39 is 0 Å². The van der Waals surface area contributed by atoms with E-state index in [1.54, 1.807) is 12.1 Å². The zero-order chi connectivity index (χ0) is 17.5. The van der Waals surface area contributed by atoms with E-state index in [1.807, 2.05) is 36.4 Å². The maximum absolute atomic E-state index is 12.4. The van der Waals surface area contributed by atoms with Crippen LogP contribution in [0.5, 0.6) is 11.5 Å². The molecule has 3 rings (SSSR count). The van der Waals surface area contributed by atoms with Crippen molar-refractivity contribution in [3.8, 4) is 11.5 Å². The standard InChI is InChI=1S/C20H24N2O3/c21-12-13-24-17-10-8-16(9-11-17)22-20(23)15-4-3-7-19(14-15)25-18-5-1-2-6-18/h3-4,7-11,14,18H,1-2,5-6,12-13,21H2,(H,22,23). The Bertz CT molecular complexity index is 694. The van der Waals surface area contributed by atoms with Crippen molar-refractivity contribution in [2.24, 2.45) is 5.73 Å². The third-order valence-electron chi connectivity index (χ3n) is 4.20. The monoisotopic (exact) mass is 340 g/mol. The molecule has 0 aliphatic heterocycles. The molecule has 5 heteroatoms. The van der Waals surface area contributed by atoms with E-state index in [9.17, 15) is 4.79 Å². The summed E-state index contributed by atoms with van der Waals surface area (Å²) in [5.41, 5.74) is 6.71. The maximum Gasteiger partial charge on any atom is 0.255 e. The molecule has 0 spiro atoms. The van der Waals surface area contributed by atoms with Crippen LogP contribution in [-0.2, 0) is 0 Å². The Labute approximate surface area is 148 Å². The second kappa shape index (κ2) is 8.53. The van der Waals surface area contributed by atoms with Crippen molar-refractivity contribution < 1.29 is 14.3 Å². The summed E-state index contributed by atoms with van der Waals surface area (Å²) in [5.74, 6) is 1.33. The first-order valence-electron chi connectivity index (χ1n) is 8.75. The Kier molecular flexibility index (Phi) is 5.90. The molecule has 1 aliphatic carbocycles. The maximum atomic E-state index is 12.4. The highest BCUT2D eigenvalue weighted by atomic mass is 16.5. The van der Waals surface area contributed by atoms with Gasteiger partial charge < -0.3 is 20.5 Å². The molecule has 3 N–H and O–H groups in total. The molecule has 0 saturated heterocycles. The van der Waals surface area contributed by atoms with Crippen LogP contribution in [0.2, 0.25) is 0 Å². The molecule has 25 heavy (non-hydrogen) atoms. The lowest BCUT2D eigenvalue weighted by atomic mass is 10.2. The Morgan fingerprint density at radius 2 is 1.84 bits per heavy atom. The molecule has 0 radical (unpaired) electrons. The summed E-state index contributed by atoms with van der Waals surface area (Å²) in [6.45, 7) is 0.942. The van der Waals surface area contributed by atoms with Gasteiger partial charge in [-0.2, -0.15) is 0 Å². The molecule has 0 aromatic heterocycles. The molecule has 0 heterocycles. The van der Waals surface area contributed by atoms with Crippen molar-refractivity contribution in [1.29, 1.82) is 0 Å². The second-order valence-electron chi connectivity index (χ2n) is 6.17. The van der Waals surface area contributed by atoms with Crippen LogP contribution in [0.25, 0.3) is 0 Å². The van der Waals surface area contributed by atoms with E-state index in [0.29, 0.717) is 24.4 Å². The van der Waals surface area contributed by atoms with Gasteiger partial charge in [0, 0.05) is 17.8 Å². The first kappa shape index (κ1) is 17.3. The quantitative estimate of drug-likeness (QED) is 0.808. The Morgan fingerprint density at radius 1 is 1.08 bits per heavy atom. The van der Waals surface area contributed by atoms with Gasteiger partial charge in [-0.15, -0.1) is 0 Å². The minimum atomic E-state index is -0.160. The number of nitrogens with one attached hydrogen (secondary N) is 1. The largest absolute Gasteiger partial charge is 0.492 e. The minimum Gasteiger partial charge on any atom is -0.492 e. The van der Waals surface area contributed by atoms with Crippen molar-refractivity contribution in [1.82, 2.24) is 0 Å². The van der Waals surface area contributed by atoms with Gasteiger partial charge in [0.1, 0.15) is 18.1 Å². The molecule has 1 saturated carbocycles. The third-order valence-corrected chi connectivity index (χ3v) is 4.20. The highest BCUT2D eigenvalue weighted by Gasteiger charge is 2.17. The number of hydrogen-bond acceptors (Lipinski definition) is 4. The van der Waals surface area contributed by atoms with Crippen LogP contribution in [0.1, 0.15) is 36.0 Å². The molecular weight excluding hydrogens is 316 g/mol. The van der Waals surface area contributed by atoms with Crippen molar-refractivity contribution in [3.05, 3.63) is 54.1 Å². The number of carbonyl (C=O) groups excluding carboxylic acids is 1. The van der Waals surface area contributed by atoms with E-state index in [0.717, 1.165) is 24.3 Å². The van der Waals surface area contributed by atoms with E-state index in [2.05, 4.69) is 5.32 Å². The van der Waals surface area contributed by atoms with Crippen LogP contribution < -0.4 is 20.5 Å². The van der Waals surface area contributed by atoms with Crippen LogP contribution in [0.4, 0.5) is 5.69 Å². The summed E-state index contributed by atoms with van der Waals surface area (Å²) in [5, 5.41) is 2.89. The van der Waals surface area contributed by atoms with Gasteiger partial charge in [0.15, 0.2) is 0 Å². The highest BCUT2D eigenvalue weighted by molar-refractivity contribution is 6.04. The summed E-state index contributed by atoms with van der Waals surface area (Å²) in [6, 6.07) is 14.6. The lowest BCUT2D eigenvalue weighted by Gasteiger charge is -2.14. The number of ether oxygens (including phenoxy) is 2. The topological polar surface area (TPSA) is 73.6 Å². The molecule has 132 valence electrons. The van der Waals surface area contributed by atoms with E-state index in [4.69, 9.17) is 15.2 Å². The first-order valence-corrected chi connectivity index (χ1v) is 8.75. The summed E-state index contributed by atoms with van der Waals surface area (Å²) >= 11 is 0. The zero-order valence-electron chi connectivity index (χ0n) is 14.2. The predicted molar refractivity (Wildman–Crippen MR) is 98.3 cm³/mol. The van der Waals surface area contributed by atoms with Crippen LogP contribution in [0.15, 0.2) is 48.5 Å². The molecule has 2 aromatic rings. The minimum absolute atomic E-state index is 0.160. The zero-order valence-corrected chi connectivity index (χ0v) is 14.2. The molecule has 0 unspecified atom stereocenters. The third kappa shape index (κ3) is 4.97. The number of benzene rings is 2. The molecule has 0 bridgehead atoms. The average molecular weight is 340 g/mol. The van der Waals surface area contributed by atoms with E-state index >= 15 is 0 Å². The number of amides is 1. The van der Waals surface area contributed by atoms with Crippen molar-refractivity contribution in [3.63, 3.8) is 0 Å². The SMILES string of the molecule is NCCOc1ccc(NC(=O)c2cccc(OC3CCCC3)c2)cc1. The van der Waals surface area contributed by atoms with Gasteiger partial charge in [0.2, 0.25) is 0 Å². The predicted octanol–water partition coefficient (Wildman–Crippen LogP) is 3.60. The molecule has 0 atom stereocenters. The van der Waals surface area contributed by atoms with Crippen LogP contribution in [0, 0.1) is 0 Å². The summed E-state index contributed by atoms with van der Waals surface area (Å²) < 4.78 is 11.4. The Hall–Kier alpha value is -2.53. The highest BCUT2D eigenvalue weighted by Crippen LogP contribution is 2.25. The van der Waals surface area contributed by atoms with E-state index in [1.165, 1.54) is 12.8 Å². The lowest BCUT2D eigenvalue weighted by Crippen LogP contribution is -2.14. The summed E-state index contributed by atoms with van der Waals surface area (Å²) in [7, 11) is 0. The Morgan fingerprint density at radius 3 is 2.56 bits per heavy atom. The fourth-order valence-corrected chi connectivity index (χ4v) is 2.92. The smallest absolute Gasteiger partial charge is 0.255 e. The fraction of sp³-hybridized carbons (Fsp3) is 0.350. The number of anilines is 1.